The molecule has 32 heavy (non-hydrogen) atoms. The van der Waals surface area contributed by atoms with E-state index in [1.165, 1.54) is 52.5 Å². The van der Waals surface area contributed by atoms with Gasteiger partial charge in [0, 0.05) is 40.8 Å². The number of fused-ring (bicyclic) bond motifs is 1. The molecular formula is C21H12N4O6S. The standard InChI is InChI=1S/C21H12N4O6S/c26-19(13-5-9-15(10-6-13)24(28)29)22-20-17-3-1-2-4-18(17)23(32-20)21(27)14-7-11-16(12-8-14)25(30)31/h1-12H. The Morgan fingerprint density at radius 3 is 1.88 bits per heavy atom. The third-order valence-electron chi connectivity index (χ3n) is 4.57. The first-order valence-electron chi connectivity index (χ1n) is 9.09. The van der Waals surface area contributed by atoms with Gasteiger partial charge in [0.1, 0.15) is 4.67 Å². The van der Waals surface area contributed by atoms with Gasteiger partial charge < -0.3 is 0 Å². The zero-order chi connectivity index (χ0) is 22.8. The van der Waals surface area contributed by atoms with Crippen molar-refractivity contribution in [3.8, 4) is 0 Å². The maximum atomic E-state index is 13.0. The van der Waals surface area contributed by atoms with Gasteiger partial charge in [-0.3, -0.25) is 29.8 Å². The van der Waals surface area contributed by atoms with Crippen LogP contribution in [0.3, 0.4) is 0 Å². The number of nitrogens with zero attached hydrogens (tertiary/aromatic N) is 4. The molecule has 0 bridgehead atoms. The van der Waals surface area contributed by atoms with Gasteiger partial charge >= 0.3 is 0 Å². The van der Waals surface area contributed by atoms with Gasteiger partial charge in [-0.15, -0.1) is 0 Å². The topological polar surface area (TPSA) is 138 Å². The molecule has 0 spiro atoms. The van der Waals surface area contributed by atoms with Crippen LogP contribution in [0.15, 0.2) is 77.8 Å². The summed E-state index contributed by atoms with van der Waals surface area (Å²) in [6.45, 7) is 0. The molecule has 0 saturated carbocycles. The molecule has 0 aliphatic heterocycles. The van der Waals surface area contributed by atoms with Gasteiger partial charge in [-0.05, 0) is 47.9 Å². The van der Waals surface area contributed by atoms with E-state index in [0.717, 1.165) is 11.5 Å². The minimum atomic E-state index is -0.609. The summed E-state index contributed by atoms with van der Waals surface area (Å²) in [5.41, 5.74) is 0.653. The second kappa shape index (κ2) is 8.32. The molecule has 10 nitrogen and oxygen atoms in total. The predicted octanol–water partition coefficient (Wildman–Crippen LogP) is 3.95. The van der Waals surface area contributed by atoms with Crippen LogP contribution >= 0.6 is 11.5 Å². The van der Waals surface area contributed by atoms with Crippen molar-refractivity contribution in [2.45, 2.75) is 0 Å². The Morgan fingerprint density at radius 1 is 0.781 bits per heavy atom. The highest BCUT2D eigenvalue weighted by atomic mass is 32.1. The molecule has 158 valence electrons. The van der Waals surface area contributed by atoms with Crippen molar-refractivity contribution in [3.63, 3.8) is 0 Å². The molecule has 1 heterocycles. The van der Waals surface area contributed by atoms with Crippen molar-refractivity contribution >= 4 is 45.6 Å². The predicted molar refractivity (Wildman–Crippen MR) is 116 cm³/mol. The summed E-state index contributed by atoms with van der Waals surface area (Å²) in [5, 5.41) is 22.2. The van der Waals surface area contributed by atoms with Gasteiger partial charge in [0.25, 0.3) is 23.2 Å². The molecule has 3 aromatic carbocycles. The van der Waals surface area contributed by atoms with Gasteiger partial charge in [-0.25, -0.2) is 3.96 Å². The minimum absolute atomic E-state index is 0.132. The quantitative estimate of drug-likeness (QED) is 0.342. The lowest BCUT2D eigenvalue weighted by molar-refractivity contribution is -0.385. The van der Waals surface area contributed by atoms with E-state index in [1.807, 2.05) is 0 Å². The maximum absolute atomic E-state index is 13.0. The van der Waals surface area contributed by atoms with E-state index in [4.69, 9.17) is 0 Å². The summed E-state index contributed by atoms with van der Waals surface area (Å²) in [6.07, 6.45) is 0. The molecule has 0 fully saturated rings. The van der Waals surface area contributed by atoms with Crippen LogP contribution in [-0.4, -0.2) is 25.6 Å². The molecule has 0 aliphatic rings. The molecule has 1 aromatic heterocycles. The number of amides is 1. The average Bonchev–Trinajstić information content (AvgIpc) is 3.17. The first-order valence-corrected chi connectivity index (χ1v) is 9.86. The second-order valence-corrected chi connectivity index (χ2v) is 7.47. The van der Waals surface area contributed by atoms with E-state index in [0.29, 0.717) is 15.6 Å². The Hall–Kier alpha value is -4.51. The number of aromatic nitrogens is 1. The van der Waals surface area contributed by atoms with E-state index in [1.54, 1.807) is 24.3 Å². The highest BCUT2D eigenvalue weighted by Crippen LogP contribution is 2.19. The number of para-hydroxylation sites is 1. The summed E-state index contributed by atoms with van der Waals surface area (Å²) in [6, 6.07) is 17.2. The summed E-state index contributed by atoms with van der Waals surface area (Å²) in [7, 11) is 0. The fraction of sp³-hybridized carbons (Fsp3) is 0. The third-order valence-corrected chi connectivity index (χ3v) is 5.60. The molecule has 4 aromatic rings. The number of non-ortho nitro benzene ring substituents is 2. The van der Waals surface area contributed by atoms with Crippen LogP contribution < -0.4 is 4.67 Å². The van der Waals surface area contributed by atoms with Crippen LogP contribution in [-0.2, 0) is 0 Å². The summed E-state index contributed by atoms with van der Waals surface area (Å²) < 4.78 is 1.65. The number of hydrogen-bond donors (Lipinski definition) is 0. The SMILES string of the molecule is O=C(N=c1sn(C(=O)c2ccc([N+](=O)[O-])cc2)c2ccccc12)c1ccc([N+](=O)[O-])cc1. The number of nitro benzene ring substituents is 2. The number of carbonyl (C=O) groups is 2. The van der Waals surface area contributed by atoms with E-state index >= 15 is 0 Å². The largest absolute Gasteiger partial charge is 0.278 e. The molecule has 0 atom stereocenters. The van der Waals surface area contributed by atoms with Crippen LogP contribution in [0.2, 0.25) is 0 Å². The van der Waals surface area contributed by atoms with Crippen molar-refractivity contribution < 1.29 is 19.4 Å². The average molecular weight is 448 g/mol. The molecule has 0 aliphatic carbocycles. The molecule has 4 rings (SSSR count). The van der Waals surface area contributed by atoms with Crippen LogP contribution in [0, 0.1) is 20.2 Å². The zero-order valence-electron chi connectivity index (χ0n) is 16.1. The fourth-order valence-corrected chi connectivity index (χ4v) is 3.99. The van der Waals surface area contributed by atoms with Crippen LogP contribution in [0.1, 0.15) is 20.7 Å². The van der Waals surface area contributed by atoms with Crippen LogP contribution in [0.25, 0.3) is 10.9 Å². The number of rotatable bonds is 4. The third kappa shape index (κ3) is 3.91. The zero-order valence-corrected chi connectivity index (χ0v) is 16.9. The Labute approximate surface area is 183 Å². The molecule has 11 heteroatoms. The first kappa shape index (κ1) is 20.8. The van der Waals surface area contributed by atoms with Gasteiger partial charge in [0.05, 0.1) is 15.4 Å². The van der Waals surface area contributed by atoms with Crippen molar-refractivity contribution in [2.24, 2.45) is 4.99 Å². The summed E-state index contributed by atoms with van der Waals surface area (Å²) in [4.78, 5) is 50.2. The number of benzene rings is 3. The van der Waals surface area contributed by atoms with E-state index in [-0.39, 0.29) is 22.5 Å². The van der Waals surface area contributed by atoms with Gasteiger partial charge in [0.2, 0.25) is 0 Å². The van der Waals surface area contributed by atoms with Crippen molar-refractivity contribution in [1.29, 1.82) is 0 Å². The van der Waals surface area contributed by atoms with E-state index < -0.39 is 21.7 Å². The van der Waals surface area contributed by atoms with E-state index in [2.05, 4.69) is 4.99 Å². The molecule has 1 amide bonds. The number of nitro groups is 2. The normalized spacial score (nSPS) is 11.4. The molecule has 0 N–H and O–H groups in total. The number of carbonyl (C=O) groups excluding carboxylic acids is 2. The van der Waals surface area contributed by atoms with E-state index in [9.17, 15) is 29.8 Å². The lowest BCUT2D eigenvalue weighted by Crippen LogP contribution is -2.09. The minimum Gasteiger partial charge on any atom is -0.267 e. The van der Waals surface area contributed by atoms with Crippen molar-refractivity contribution in [2.75, 3.05) is 0 Å². The highest BCUT2D eigenvalue weighted by molar-refractivity contribution is 7.06. The molecule has 0 radical (unpaired) electrons. The van der Waals surface area contributed by atoms with Crippen LogP contribution in [0.5, 0.6) is 0 Å². The molecular weight excluding hydrogens is 436 g/mol. The van der Waals surface area contributed by atoms with Crippen molar-refractivity contribution in [3.05, 3.63) is 109 Å². The summed E-state index contributed by atoms with van der Waals surface area (Å²) >= 11 is 0.955. The lowest BCUT2D eigenvalue weighted by atomic mass is 10.2. The molecule has 0 unspecified atom stereocenters. The Balaban J connectivity index is 1.75. The number of hydrogen-bond acceptors (Lipinski definition) is 7. The summed E-state index contributed by atoms with van der Waals surface area (Å²) in [5.74, 6) is -1.04. The van der Waals surface area contributed by atoms with Gasteiger partial charge in [-0.2, -0.15) is 4.99 Å². The van der Waals surface area contributed by atoms with Gasteiger partial charge in [-0.1, -0.05) is 12.1 Å². The maximum Gasteiger partial charge on any atom is 0.278 e. The van der Waals surface area contributed by atoms with Gasteiger partial charge in [0.15, 0.2) is 0 Å². The van der Waals surface area contributed by atoms with Crippen molar-refractivity contribution in [1.82, 2.24) is 3.96 Å². The monoisotopic (exact) mass is 448 g/mol. The Kier molecular flexibility index (Phi) is 5.39. The first-order chi connectivity index (χ1) is 15.3. The lowest BCUT2D eigenvalue weighted by Gasteiger charge is -2.02. The Morgan fingerprint density at radius 2 is 1.31 bits per heavy atom. The van der Waals surface area contributed by atoms with Crippen LogP contribution in [0.4, 0.5) is 11.4 Å². The fourth-order valence-electron chi connectivity index (χ4n) is 2.97. The highest BCUT2D eigenvalue weighted by Gasteiger charge is 2.17. The molecule has 0 saturated heterocycles. The second-order valence-electron chi connectivity index (χ2n) is 6.54. The smallest absolute Gasteiger partial charge is 0.267 e. The Bertz CT molecular complexity index is 1450.